The Bertz CT molecular complexity index is 255. The van der Waals surface area contributed by atoms with Crippen LogP contribution in [0.5, 0.6) is 0 Å². The summed E-state index contributed by atoms with van der Waals surface area (Å²) in [6.45, 7) is 0. The highest BCUT2D eigenvalue weighted by atomic mass is 32.2. The molecule has 0 aromatic carbocycles. The Labute approximate surface area is 63.6 Å². The maximum Gasteiger partial charge on any atom is 0.471 e. The highest BCUT2D eigenvalue weighted by Crippen LogP contribution is 2.38. The van der Waals surface area contributed by atoms with Crippen molar-refractivity contribution in [2.75, 3.05) is 0 Å². The van der Waals surface area contributed by atoms with Gasteiger partial charge in [-0.2, -0.15) is 22.0 Å². The van der Waals surface area contributed by atoms with E-state index >= 15 is 0 Å². The van der Waals surface area contributed by atoms with Crippen molar-refractivity contribution in [3.63, 3.8) is 0 Å². The maximum absolute atomic E-state index is 11.9. The Balaban J connectivity index is 5.14. The van der Waals surface area contributed by atoms with Crippen LogP contribution in [0.4, 0.5) is 22.0 Å². The zero-order valence-electron chi connectivity index (χ0n) is 5.19. The summed E-state index contributed by atoms with van der Waals surface area (Å²) in [6.07, 6.45) is -6.18. The Hall–Kier alpha value is -0.480. The largest absolute Gasteiger partial charge is 0.471 e. The molecule has 3 N–H and O–H groups in total. The van der Waals surface area contributed by atoms with Gasteiger partial charge in [-0.15, -0.1) is 4.83 Å². The fourth-order valence-corrected chi connectivity index (χ4v) is 0.679. The first-order valence-corrected chi connectivity index (χ1v) is 3.71. The van der Waals surface area contributed by atoms with Crippen LogP contribution in [0, 0.1) is 0 Å². The van der Waals surface area contributed by atoms with Gasteiger partial charge in [-0.1, -0.05) is 0 Å². The molecule has 0 aromatic rings. The van der Waals surface area contributed by atoms with E-state index in [1.54, 1.807) is 0 Å². The molecule has 0 aliphatic carbocycles. The second kappa shape index (κ2) is 2.78. The molecule has 0 rings (SSSR count). The second-order valence-electron chi connectivity index (χ2n) is 1.64. The van der Waals surface area contributed by atoms with Gasteiger partial charge in [0.05, 0.1) is 0 Å². The molecular formula is C2H3F5N2O2S. The van der Waals surface area contributed by atoms with Gasteiger partial charge in [-0.25, -0.2) is 8.42 Å². The fraction of sp³-hybridized carbons (Fsp3) is 1.00. The number of nitrogens with one attached hydrogen (secondary N) is 1. The lowest BCUT2D eigenvalue weighted by atomic mass is 10.7. The van der Waals surface area contributed by atoms with Crippen LogP contribution in [0.25, 0.3) is 0 Å². The van der Waals surface area contributed by atoms with Crippen LogP contribution in [-0.2, 0) is 10.0 Å². The summed E-state index contributed by atoms with van der Waals surface area (Å²) in [5, 5.41) is -5.88. The topological polar surface area (TPSA) is 72.2 Å². The first-order valence-electron chi connectivity index (χ1n) is 2.23. The van der Waals surface area contributed by atoms with E-state index in [1.807, 2.05) is 0 Å². The molecule has 0 spiro atoms. The Morgan fingerprint density at radius 1 is 1.08 bits per heavy atom. The van der Waals surface area contributed by atoms with Gasteiger partial charge in [0.25, 0.3) is 10.0 Å². The fourth-order valence-electron chi connectivity index (χ4n) is 0.226. The van der Waals surface area contributed by atoms with Crippen molar-refractivity contribution < 1.29 is 30.4 Å². The lowest BCUT2D eigenvalue weighted by molar-refractivity contribution is -0.241. The van der Waals surface area contributed by atoms with Crippen molar-refractivity contribution in [2.45, 2.75) is 11.4 Å². The number of halogens is 5. The van der Waals surface area contributed by atoms with Crippen LogP contribution in [0.3, 0.4) is 0 Å². The van der Waals surface area contributed by atoms with E-state index in [9.17, 15) is 30.4 Å². The van der Waals surface area contributed by atoms with Crippen molar-refractivity contribution >= 4 is 10.0 Å². The molecule has 0 unspecified atom stereocenters. The van der Waals surface area contributed by atoms with Gasteiger partial charge in [-0.05, 0) is 0 Å². The first-order chi connectivity index (χ1) is 5.06. The molecule has 0 amide bonds. The van der Waals surface area contributed by atoms with E-state index in [0.29, 0.717) is 4.83 Å². The van der Waals surface area contributed by atoms with Crippen LogP contribution < -0.4 is 10.7 Å². The summed E-state index contributed by atoms with van der Waals surface area (Å²) >= 11 is 0. The van der Waals surface area contributed by atoms with Gasteiger partial charge in [0.1, 0.15) is 0 Å². The summed E-state index contributed by atoms with van der Waals surface area (Å²) in [6, 6.07) is 0. The van der Waals surface area contributed by atoms with Crippen LogP contribution in [-0.4, -0.2) is 19.8 Å². The number of alkyl halides is 5. The number of hydrogen-bond donors (Lipinski definition) is 2. The molecule has 0 radical (unpaired) electrons. The van der Waals surface area contributed by atoms with E-state index in [2.05, 4.69) is 5.84 Å². The highest BCUT2D eigenvalue weighted by molar-refractivity contribution is 7.90. The Morgan fingerprint density at radius 2 is 1.42 bits per heavy atom. The van der Waals surface area contributed by atoms with Crippen molar-refractivity contribution in [2.24, 2.45) is 5.84 Å². The zero-order chi connectivity index (χ0) is 10.2. The molecule has 0 aromatic heterocycles. The van der Waals surface area contributed by atoms with Crippen LogP contribution in [0.2, 0.25) is 0 Å². The first kappa shape index (κ1) is 11.5. The molecule has 74 valence electrons. The second-order valence-corrected chi connectivity index (χ2v) is 3.39. The van der Waals surface area contributed by atoms with Crippen molar-refractivity contribution in [3.8, 4) is 0 Å². The van der Waals surface area contributed by atoms with Gasteiger partial charge in [0.2, 0.25) is 0 Å². The summed E-state index contributed by atoms with van der Waals surface area (Å²) in [7, 11) is -5.89. The van der Waals surface area contributed by atoms with Gasteiger partial charge < -0.3 is 0 Å². The molecule has 0 saturated heterocycles. The quantitative estimate of drug-likeness (QED) is 0.384. The van der Waals surface area contributed by atoms with Crippen molar-refractivity contribution in [1.82, 2.24) is 4.83 Å². The average Bonchev–Trinajstić information content (AvgIpc) is 1.85. The molecule has 0 aliphatic rings. The molecule has 0 atom stereocenters. The third-order valence-electron chi connectivity index (χ3n) is 0.823. The minimum atomic E-state index is -6.18. The summed E-state index contributed by atoms with van der Waals surface area (Å²) < 4.78 is 77.5. The van der Waals surface area contributed by atoms with Gasteiger partial charge >= 0.3 is 11.4 Å². The van der Waals surface area contributed by atoms with E-state index in [1.165, 1.54) is 0 Å². The highest BCUT2D eigenvalue weighted by Gasteiger charge is 2.67. The SMILES string of the molecule is NNS(=O)(=O)C(F)(F)C(F)(F)F. The molecule has 10 heteroatoms. The van der Waals surface area contributed by atoms with Gasteiger partial charge in [0.15, 0.2) is 0 Å². The van der Waals surface area contributed by atoms with Crippen LogP contribution in [0.15, 0.2) is 0 Å². The van der Waals surface area contributed by atoms with Gasteiger partial charge in [-0.3, -0.25) is 5.84 Å². The number of nitrogens with two attached hydrogens (primary N) is 1. The molecule has 0 heterocycles. The predicted molar refractivity (Wildman–Crippen MR) is 27.2 cm³/mol. The summed E-state index contributed by atoms with van der Waals surface area (Å²) in [5.41, 5.74) is 0. The van der Waals surface area contributed by atoms with Crippen LogP contribution >= 0.6 is 0 Å². The molecule has 0 bridgehead atoms. The number of hydrogen-bond acceptors (Lipinski definition) is 3. The minimum absolute atomic E-state index is 0.390. The molecule has 0 fully saturated rings. The molecular weight excluding hydrogens is 211 g/mol. The normalized spacial score (nSPS) is 14.8. The molecule has 0 saturated carbocycles. The molecule has 12 heavy (non-hydrogen) atoms. The Kier molecular flexibility index (Phi) is 2.67. The average molecular weight is 214 g/mol. The monoisotopic (exact) mass is 214 g/mol. The van der Waals surface area contributed by atoms with Gasteiger partial charge in [0, 0.05) is 0 Å². The van der Waals surface area contributed by atoms with Crippen molar-refractivity contribution in [3.05, 3.63) is 0 Å². The molecule has 4 nitrogen and oxygen atoms in total. The number of rotatable bonds is 2. The van der Waals surface area contributed by atoms with E-state index in [4.69, 9.17) is 0 Å². The smallest absolute Gasteiger partial charge is 0.258 e. The predicted octanol–water partition coefficient (Wildman–Crippen LogP) is -0.0654. The zero-order valence-corrected chi connectivity index (χ0v) is 6.01. The number of hydrazine groups is 1. The number of sulfonamides is 1. The summed E-state index contributed by atoms with van der Waals surface area (Å²) in [4.78, 5) is 0.390. The third kappa shape index (κ3) is 1.64. The third-order valence-corrected chi connectivity index (χ3v) is 2.04. The van der Waals surface area contributed by atoms with E-state index in [-0.39, 0.29) is 0 Å². The van der Waals surface area contributed by atoms with E-state index in [0.717, 1.165) is 0 Å². The lowest BCUT2D eigenvalue weighted by Gasteiger charge is -2.18. The van der Waals surface area contributed by atoms with Crippen molar-refractivity contribution in [1.29, 1.82) is 0 Å². The Morgan fingerprint density at radius 3 is 1.50 bits per heavy atom. The summed E-state index contributed by atoms with van der Waals surface area (Å²) in [5.74, 6) is 3.97. The standard InChI is InChI=1S/C2H3F5N2O2S/c3-1(4,5)2(6,7)12(10,11)9-8/h9H,8H2. The maximum atomic E-state index is 11.9. The van der Waals surface area contributed by atoms with E-state index < -0.39 is 21.5 Å². The minimum Gasteiger partial charge on any atom is -0.258 e. The molecule has 0 aliphatic heterocycles. The lowest BCUT2D eigenvalue weighted by Crippen LogP contribution is -2.51. The van der Waals surface area contributed by atoms with Crippen LogP contribution in [0.1, 0.15) is 0 Å².